The second-order valence-corrected chi connectivity index (χ2v) is 3.18. The Labute approximate surface area is 93.0 Å². The molecule has 0 unspecified atom stereocenters. The second kappa shape index (κ2) is 4.67. The molecule has 0 aliphatic rings. The smallest absolute Gasteiger partial charge is 0.358 e. The first-order valence-corrected chi connectivity index (χ1v) is 4.56. The highest BCUT2D eigenvalue weighted by Gasteiger charge is 2.25. The summed E-state index contributed by atoms with van der Waals surface area (Å²) in [7, 11) is 0. The molecular weight excluding hydrogens is 253 g/mol. The van der Waals surface area contributed by atoms with E-state index < -0.39 is 28.6 Å². The molecule has 0 saturated heterocycles. The number of alkyl halides is 3. The van der Waals surface area contributed by atoms with Gasteiger partial charge in [0.25, 0.3) is 6.43 Å². The normalized spacial score (nSPS) is 10.7. The fourth-order valence-corrected chi connectivity index (χ4v) is 1.50. The van der Waals surface area contributed by atoms with Crippen molar-refractivity contribution in [2.75, 3.05) is 0 Å². The van der Waals surface area contributed by atoms with Crippen molar-refractivity contribution in [1.82, 2.24) is 4.98 Å². The van der Waals surface area contributed by atoms with E-state index in [4.69, 9.17) is 23.2 Å². The SMILES string of the molecule is O=[N+]([O-])c1nc(Cl)cc(C(F)F)c1CCl. The van der Waals surface area contributed by atoms with E-state index in [1.54, 1.807) is 0 Å². The fraction of sp³-hybridized carbons (Fsp3) is 0.286. The van der Waals surface area contributed by atoms with Crippen molar-refractivity contribution >= 4 is 29.0 Å². The van der Waals surface area contributed by atoms with Gasteiger partial charge in [0.1, 0.15) is 0 Å². The fourth-order valence-electron chi connectivity index (χ4n) is 1.03. The molecule has 0 aliphatic carbocycles. The van der Waals surface area contributed by atoms with E-state index in [1.165, 1.54) is 0 Å². The highest BCUT2D eigenvalue weighted by Crippen LogP contribution is 2.31. The number of pyridine rings is 1. The minimum Gasteiger partial charge on any atom is -0.358 e. The maximum absolute atomic E-state index is 12.5. The Morgan fingerprint density at radius 2 is 2.20 bits per heavy atom. The number of nitro groups is 1. The van der Waals surface area contributed by atoms with Gasteiger partial charge in [0.05, 0.1) is 11.4 Å². The number of hydrogen-bond donors (Lipinski definition) is 0. The molecular formula is C7H4Cl2F2N2O2. The minimum absolute atomic E-state index is 0.305. The summed E-state index contributed by atoms with van der Waals surface area (Å²) < 4.78 is 24.9. The zero-order valence-electron chi connectivity index (χ0n) is 7.08. The lowest BCUT2D eigenvalue weighted by atomic mass is 10.1. The summed E-state index contributed by atoms with van der Waals surface area (Å²) in [5.74, 6) is -1.15. The molecule has 8 heteroatoms. The third kappa shape index (κ3) is 2.51. The summed E-state index contributed by atoms with van der Waals surface area (Å²) in [5.41, 5.74) is -0.863. The van der Waals surface area contributed by atoms with Crippen LogP contribution in [0.5, 0.6) is 0 Å². The Bertz CT molecular complexity index is 401. The average Bonchev–Trinajstić information content (AvgIpc) is 2.16. The molecule has 0 fully saturated rings. The molecule has 0 spiro atoms. The van der Waals surface area contributed by atoms with Gasteiger partial charge in [0.15, 0.2) is 0 Å². The van der Waals surface area contributed by atoms with Crippen LogP contribution in [0.4, 0.5) is 14.6 Å². The van der Waals surface area contributed by atoms with E-state index in [-0.39, 0.29) is 10.7 Å². The predicted octanol–water partition coefficient (Wildman–Crippen LogP) is 3.32. The molecule has 1 heterocycles. The van der Waals surface area contributed by atoms with Gasteiger partial charge in [-0.1, -0.05) is 0 Å². The zero-order valence-corrected chi connectivity index (χ0v) is 8.60. The van der Waals surface area contributed by atoms with Crippen LogP contribution >= 0.6 is 23.2 Å². The third-order valence-electron chi connectivity index (χ3n) is 1.65. The number of aromatic nitrogens is 1. The lowest BCUT2D eigenvalue weighted by Gasteiger charge is -2.05. The summed E-state index contributed by atoms with van der Waals surface area (Å²) in [6.45, 7) is 0. The zero-order chi connectivity index (χ0) is 11.6. The van der Waals surface area contributed by atoms with Gasteiger partial charge in [-0.15, -0.1) is 11.6 Å². The van der Waals surface area contributed by atoms with Crippen molar-refractivity contribution in [2.45, 2.75) is 12.3 Å². The molecule has 1 aromatic rings. The molecule has 0 N–H and O–H groups in total. The second-order valence-electron chi connectivity index (χ2n) is 2.53. The molecule has 0 aromatic carbocycles. The monoisotopic (exact) mass is 256 g/mol. The molecule has 0 amide bonds. The van der Waals surface area contributed by atoms with Crippen molar-refractivity contribution in [3.8, 4) is 0 Å². The standard InChI is InChI=1S/C7H4Cl2F2N2O2/c8-2-4-3(6(10)11)1-5(9)12-7(4)13(14)15/h1,6H,2H2. The molecule has 1 aromatic heterocycles. The van der Waals surface area contributed by atoms with Gasteiger partial charge in [-0.25, -0.2) is 8.78 Å². The van der Waals surface area contributed by atoms with Crippen LogP contribution in [0.1, 0.15) is 17.6 Å². The first kappa shape index (κ1) is 12.1. The van der Waals surface area contributed by atoms with Crippen molar-refractivity contribution in [3.05, 3.63) is 32.5 Å². The number of rotatable bonds is 3. The topological polar surface area (TPSA) is 56.0 Å². The lowest BCUT2D eigenvalue weighted by Crippen LogP contribution is -2.02. The first-order chi connectivity index (χ1) is 6.97. The summed E-state index contributed by atoms with van der Waals surface area (Å²) in [4.78, 5) is 12.9. The Morgan fingerprint density at radius 3 is 2.60 bits per heavy atom. The van der Waals surface area contributed by atoms with Gasteiger partial charge in [-0.05, 0) is 21.5 Å². The molecule has 0 bridgehead atoms. The Morgan fingerprint density at radius 1 is 1.60 bits per heavy atom. The van der Waals surface area contributed by atoms with Crippen LogP contribution in [0.15, 0.2) is 6.07 Å². The van der Waals surface area contributed by atoms with Gasteiger partial charge >= 0.3 is 5.82 Å². The first-order valence-electron chi connectivity index (χ1n) is 3.65. The Hall–Kier alpha value is -1.01. The number of halogens is 4. The van der Waals surface area contributed by atoms with Crippen LogP contribution in [0.2, 0.25) is 5.15 Å². The average molecular weight is 257 g/mol. The van der Waals surface area contributed by atoms with Crippen LogP contribution in [-0.4, -0.2) is 9.91 Å². The summed E-state index contributed by atoms with van der Waals surface area (Å²) in [6, 6.07) is 0.872. The van der Waals surface area contributed by atoms with Crippen LogP contribution in [0.3, 0.4) is 0 Å². The van der Waals surface area contributed by atoms with Crippen molar-refractivity contribution in [3.63, 3.8) is 0 Å². The largest absolute Gasteiger partial charge is 0.369 e. The van der Waals surface area contributed by atoms with Gasteiger partial charge < -0.3 is 10.1 Å². The molecule has 1 rings (SSSR count). The Kier molecular flexibility index (Phi) is 3.76. The maximum atomic E-state index is 12.5. The van der Waals surface area contributed by atoms with Crippen molar-refractivity contribution < 1.29 is 13.7 Å². The van der Waals surface area contributed by atoms with Crippen LogP contribution in [-0.2, 0) is 5.88 Å². The number of hydrogen-bond acceptors (Lipinski definition) is 3. The highest BCUT2D eigenvalue weighted by molar-refractivity contribution is 6.29. The van der Waals surface area contributed by atoms with E-state index in [0.29, 0.717) is 0 Å². The van der Waals surface area contributed by atoms with Crippen molar-refractivity contribution in [1.29, 1.82) is 0 Å². The molecule has 0 saturated carbocycles. The molecule has 0 aliphatic heterocycles. The van der Waals surface area contributed by atoms with Crippen LogP contribution < -0.4 is 0 Å². The van der Waals surface area contributed by atoms with Gasteiger partial charge in [-0.2, -0.15) is 0 Å². The lowest BCUT2D eigenvalue weighted by molar-refractivity contribution is -0.390. The van der Waals surface area contributed by atoms with E-state index in [0.717, 1.165) is 6.07 Å². The summed E-state index contributed by atoms with van der Waals surface area (Å²) in [6.07, 6.45) is -2.88. The predicted molar refractivity (Wildman–Crippen MR) is 50.4 cm³/mol. The molecule has 82 valence electrons. The van der Waals surface area contributed by atoms with Crippen LogP contribution in [0.25, 0.3) is 0 Å². The van der Waals surface area contributed by atoms with Crippen LogP contribution in [0, 0.1) is 10.1 Å². The van der Waals surface area contributed by atoms with Crippen molar-refractivity contribution in [2.24, 2.45) is 0 Å². The molecule has 0 atom stereocenters. The third-order valence-corrected chi connectivity index (χ3v) is 2.11. The molecule has 15 heavy (non-hydrogen) atoms. The highest BCUT2D eigenvalue weighted by atomic mass is 35.5. The van der Waals surface area contributed by atoms with E-state index >= 15 is 0 Å². The van der Waals surface area contributed by atoms with Gasteiger partial charge in [-0.3, -0.25) is 0 Å². The quantitative estimate of drug-likeness (QED) is 0.361. The summed E-state index contributed by atoms with van der Waals surface area (Å²) >= 11 is 10.7. The van der Waals surface area contributed by atoms with E-state index in [9.17, 15) is 18.9 Å². The maximum Gasteiger partial charge on any atom is 0.369 e. The van der Waals surface area contributed by atoms with E-state index in [1.807, 2.05) is 0 Å². The molecule has 4 nitrogen and oxygen atoms in total. The summed E-state index contributed by atoms with van der Waals surface area (Å²) in [5, 5.41) is 10.1. The van der Waals surface area contributed by atoms with Gasteiger partial charge in [0.2, 0.25) is 5.15 Å². The number of nitrogens with zero attached hydrogens (tertiary/aromatic N) is 2. The molecule has 0 radical (unpaired) electrons. The minimum atomic E-state index is -2.88. The Balaban J connectivity index is 3.45. The van der Waals surface area contributed by atoms with Gasteiger partial charge in [0, 0.05) is 11.6 Å². The van der Waals surface area contributed by atoms with E-state index in [2.05, 4.69) is 4.98 Å².